The average molecular weight is 388 g/mol. The molecule has 0 bridgehead atoms. The first-order valence-corrected chi connectivity index (χ1v) is 11.0. The molecule has 0 radical (unpaired) electrons. The molecule has 0 aromatic carbocycles. The number of aryl methyl sites for hydroxylation is 2. The van der Waals surface area contributed by atoms with Crippen molar-refractivity contribution in [2.45, 2.75) is 77.0 Å². The Labute approximate surface area is 172 Å². The van der Waals surface area contributed by atoms with E-state index in [-0.39, 0.29) is 5.41 Å². The van der Waals surface area contributed by atoms with E-state index in [0.29, 0.717) is 0 Å². The molecule has 3 aromatic rings. The first-order chi connectivity index (χ1) is 14.2. The number of rotatable bonds is 3. The second-order valence-electron chi connectivity index (χ2n) is 8.98. The summed E-state index contributed by atoms with van der Waals surface area (Å²) in [5.41, 5.74) is 8.77. The van der Waals surface area contributed by atoms with Crippen molar-refractivity contribution in [2.75, 3.05) is 0 Å². The van der Waals surface area contributed by atoms with Gasteiger partial charge >= 0.3 is 0 Å². The summed E-state index contributed by atoms with van der Waals surface area (Å²) in [4.78, 5) is 14.4. The summed E-state index contributed by atoms with van der Waals surface area (Å²) in [6.07, 6.45) is 14.3. The second-order valence-corrected chi connectivity index (χ2v) is 8.98. The van der Waals surface area contributed by atoms with E-state index in [2.05, 4.69) is 46.1 Å². The molecule has 1 N–H and O–H groups in total. The van der Waals surface area contributed by atoms with Gasteiger partial charge in [0, 0.05) is 28.6 Å². The summed E-state index contributed by atoms with van der Waals surface area (Å²) < 4.78 is 0. The van der Waals surface area contributed by atoms with Crippen molar-refractivity contribution in [3.8, 4) is 22.5 Å². The normalized spacial score (nSPS) is 18.4. The Hall–Kier alpha value is -2.56. The molecule has 29 heavy (non-hydrogen) atoms. The Morgan fingerprint density at radius 3 is 2.55 bits per heavy atom. The van der Waals surface area contributed by atoms with Crippen LogP contribution in [0.2, 0.25) is 0 Å². The van der Waals surface area contributed by atoms with Crippen molar-refractivity contribution in [2.24, 2.45) is 0 Å². The van der Waals surface area contributed by atoms with Crippen LogP contribution in [0.15, 0.2) is 24.7 Å². The van der Waals surface area contributed by atoms with E-state index in [1.54, 1.807) is 6.33 Å². The molecule has 0 aliphatic heterocycles. The molecule has 3 heterocycles. The predicted octanol–water partition coefficient (Wildman–Crippen LogP) is 5.34. The summed E-state index contributed by atoms with van der Waals surface area (Å²) in [6.45, 7) is 4.46. The van der Waals surface area contributed by atoms with E-state index in [4.69, 9.17) is 4.98 Å². The third-order valence-corrected chi connectivity index (χ3v) is 6.84. The maximum Gasteiger partial charge on any atom is 0.157 e. The lowest BCUT2D eigenvalue weighted by molar-refractivity contribution is 0.475. The molecule has 2 aliphatic carbocycles. The molecule has 5 heteroatoms. The Kier molecular flexibility index (Phi) is 4.69. The highest BCUT2D eigenvalue weighted by molar-refractivity contribution is 5.86. The number of nitrogens with zero attached hydrogens (tertiary/aromatic N) is 4. The quantitative estimate of drug-likeness (QED) is 0.616. The van der Waals surface area contributed by atoms with Crippen LogP contribution in [-0.4, -0.2) is 25.1 Å². The second kappa shape index (κ2) is 7.36. The number of aromatic nitrogens is 5. The predicted molar refractivity (Wildman–Crippen MR) is 115 cm³/mol. The first kappa shape index (κ1) is 18.5. The van der Waals surface area contributed by atoms with Crippen LogP contribution in [0, 0.1) is 6.92 Å². The summed E-state index contributed by atoms with van der Waals surface area (Å²) in [5, 5.41) is 7.36. The Bertz CT molecular complexity index is 1020. The lowest BCUT2D eigenvalue weighted by Gasteiger charge is -2.29. The first-order valence-electron chi connectivity index (χ1n) is 11.0. The molecule has 2 aliphatic rings. The van der Waals surface area contributed by atoms with Crippen molar-refractivity contribution in [1.82, 2.24) is 25.1 Å². The fourth-order valence-electron chi connectivity index (χ4n) is 5.32. The van der Waals surface area contributed by atoms with Crippen LogP contribution >= 0.6 is 0 Å². The molecule has 3 aromatic heterocycles. The van der Waals surface area contributed by atoms with E-state index >= 15 is 0 Å². The van der Waals surface area contributed by atoms with Crippen LogP contribution in [-0.2, 0) is 18.3 Å². The number of hydrogen-bond acceptors (Lipinski definition) is 4. The standard InChI is InChI=1S/C24H29N5/c1-16-14-17(10-13-25-16)20-18-8-4-3-5-9-19(18)28-22(24(2)11-6-7-12-24)21(20)23-26-15-27-29-23/h10,13-15H,3-9,11-12H2,1-2H3,(H,26,27,29). The summed E-state index contributed by atoms with van der Waals surface area (Å²) in [5.74, 6) is 0.845. The van der Waals surface area contributed by atoms with E-state index in [1.807, 2.05) is 6.20 Å². The zero-order valence-corrected chi connectivity index (χ0v) is 17.5. The maximum absolute atomic E-state index is 5.39. The summed E-state index contributed by atoms with van der Waals surface area (Å²) in [7, 11) is 0. The zero-order chi connectivity index (χ0) is 19.8. The highest BCUT2D eigenvalue weighted by Gasteiger charge is 2.37. The molecule has 0 unspecified atom stereocenters. The van der Waals surface area contributed by atoms with Crippen LogP contribution in [0.3, 0.4) is 0 Å². The molecule has 5 nitrogen and oxygen atoms in total. The van der Waals surface area contributed by atoms with Gasteiger partial charge in [0.15, 0.2) is 5.82 Å². The van der Waals surface area contributed by atoms with E-state index < -0.39 is 0 Å². The SMILES string of the molecule is Cc1cc(-c2c3c(nc(C4(C)CCCC4)c2-c2ncn[nH]2)CCCCC3)ccn1. The zero-order valence-electron chi connectivity index (χ0n) is 17.5. The fraction of sp³-hybridized carbons (Fsp3) is 0.500. The van der Waals surface area contributed by atoms with Crippen molar-refractivity contribution in [1.29, 1.82) is 0 Å². The van der Waals surface area contributed by atoms with Gasteiger partial charge < -0.3 is 0 Å². The smallest absolute Gasteiger partial charge is 0.157 e. The van der Waals surface area contributed by atoms with Gasteiger partial charge in [0.25, 0.3) is 0 Å². The molecular weight excluding hydrogens is 358 g/mol. The number of hydrogen-bond donors (Lipinski definition) is 1. The monoisotopic (exact) mass is 387 g/mol. The van der Waals surface area contributed by atoms with Crippen LogP contribution in [0.4, 0.5) is 0 Å². The van der Waals surface area contributed by atoms with Gasteiger partial charge in [0.2, 0.25) is 0 Å². The van der Waals surface area contributed by atoms with Gasteiger partial charge in [-0.1, -0.05) is 26.2 Å². The molecule has 1 fully saturated rings. The highest BCUT2D eigenvalue weighted by Crippen LogP contribution is 2.48. The Balaban J connectivity index is 1.87. The molecule has 0 saturated heterocycles. The van der Waals surface area contributed by atoms with Crippen molar-refractivity contribution in [3.05, 3.63) is 47.3 Å². The van der Waals surface area contributed by atoms with Gasteiger partial charge in [0.1, 0.15) is 6.33 Å². The minimum absolute atomic E-state index is 0.0975. The van der Waals surface area contributed by atoms with Gasteiger partial charge in [-0.3, -0.25) is 15.1 Å². The minimum atomic E-state index is 0.0975. The molecular formula is C24H29N5. The summed E-state index contributed by atoms with van der Waals surface area (Å²) >= 11 is 0. The number of H-pyrrole nitrogens is 1. The van der Waals surface area contributed by atoms with Gasteiger partial charge in [-0.25, -0.2) is 4.98 Å². The average Bonchev–Trinajstić information content (AvgIpc) is 3.35. The molecule has 150 valence electrons. The molecule has 0 spiro atoms. The molecule has 0 amide bonds. The van der Waals surface area contributed by atoms with Gasteiger partial charge in [0.05, 0.1) is 5.69 Å². The van der Waals surface area contributed by atoms with Crippen molar-refractivity contribution < 1.29 is 0 Å². The lowest BCUT2D eigenvalue weighted by atomic mass is 9.78. The highest BCUT2D eigenvalue weighted by atomic mass is 15.2. The van der Waals surface area contributed by atoms with Gasteiger partial charge in [-0.05, 0) is 74.3 Å². The van der Waals surface area contributed by atoms with Crippen LogP contribution in [0.1, 0.15) is 74.5 Å². The topological polar surface area (TPSA) is 67.3 Å². The van der Waals surface area contributed by atoms with Crippen LogP contribution in [0.25, 0.3) is 22.5 Å². The Morgan fingerprint density at radius 1 is 0.966 bits per heavy atom. The number of fused-ring (bicyclic) bond motifs is 1. The third-order valence-electron chi connectivity index (χ3n) is 6.84. The van der Waals surface area contributed by atoms with E-state index in [1.165, 1.54) is 73.0 Å². The number of nitrogens with one attached hydrogen (secondary N) is 1. The van der Waals surface area contributed by atoms with Gasteiger partial charge in [-0.15, -0.1) is 0 Å². The lowest BCUT2D eigenvalue weighted by Crippen LogP contribution is -2.23. The van der Waals surface area contributed by atoms with Crippen LogP contribution < -0.4 is 0 Å². The number of pyridine rings is 2. The summed E-state index contributed by atoms with van der Waals surface area (Å²) in [6, 6.07) is 4.36. The van der Waals surface area contributed by atoms with Gasteiger partial charge in [-0.2, -0.15) is 5.10 Å². The fourth-order valence-corrected chi connectivity index (χ4v) is 5.32. The maximum atomic E-state index is 5.39. The largest absolute Gasteiger partial charge is 0.262 e. The van der Waals surface area contributed by atoms with Crippen LogP contribution in [0.5, 0.6) is 0 Å². The van der Waals surface area contributed by atoms with E-state index in [0.717, 1.165) is 29.9 Å². The Morgan fingerprint density at radius 2 is 1.79 bits per heavy atom. The molecule has 5 rings (SSSR count). The minimum Gasteiger partial charge on any atom is -0.262 e. The number of aromatic amines is 1. The molecule has 0 atom stereocenters. The van der Waals surface area contributed by atoms with Crippen molar-refractivity contribution in [3.63, 3.8) is 0 Å². The molecule has 1 saturated carbocycles. The third kappa shape index (κ3) is 3.26. The van der Waals surface area contributed by atoms with Crippen molar-refractivity contribution >= 4 is 0 Å². The van der Waals surface area contributed by atoms with E-state index in [9.17, 15) is 0 Å².